The minimum Gasteiger partial charge on any atom is -0.396 e. The number of hydrogen-bond donors (Lipinski definition) is 1. The number of aromatic nitrogens is 2. The van der Waals surface area contributed by atoms with Gasteiger partial charge in [-0.25, -0.2) is 4.98 Å². The topological polar surface area (TPSA) is 91.4 Å². The van der Waals surface area contributed by atoms with Gasteiger partial charge in [0, 0.05) is 0 Å². The van der Waals surface area contributed by atoms with Crippen molar-refractivity contribution < 1.29 is 0 Å². The van der Waals surface area contributed by atoms with Crippen LogP contribution in [-0.2, 0) is 6.42 Å². The highest BCUT2D eigenvalue weighted by Crippen LogP contribution is 2.27. The minimum absolute atomic E-state index is 0.172. The van der Waals surface area contributed by atoms with Crippen LogP contribution < -0.4 is 5.73 Å². The van der Waals surface area contributed by atoms with E-state index in [2.05, 4.69) is 17.1 Å². The van der Waals surface area contributed by atoms with Crippen molar-refractivity contribution in [1.82, 2.24) is 9.55 Å². The smallest absolute Gasteiger partial charge is 0.128 e. The largest absolute Gasteiger partial charge is 0.396 e. The zero-order chi connectivity index (χ0) is 14.8. The average molecular weight is 273 g/mol. The maximum Gasteiger partial charge on any atom is 0.128 e. The molecule has 0 amide bonds. The molecule has 0 aliphatic heterocycles. The SMILES string of the molecule is N#CCc1nc2ccccc2n1-c1cccc(C#N)c1N. The van der Waals surface area contributed by atoms with Gasteiger partial charge in [-0.2, -0.15) is 10.5 Å². The summed E-state index contributed by atoms with van der Waals surface area (Å²) in [6, 6.07) is 17.1. The first kappa shape index (κ1) is 12.7. The molecule has 2 N–H and O–H groups in total. The average Bonchev–Trinajstić information content (AvgIpc) is 2.86. The molecule has 0 saturated carbocycles. The summed E-state index contributed by atoms with van der Waals surface area (Å²) in [6.45, 7) is 0. The van der Waals surface area contributed by atoms with E-state index in [0.717, 1.165) is 11.0 Å². The summed E-state index contributed by atoms with van der Waals surface area (Å²) in [5, 5.41) is 18.1. The summed E-state index contributed by atoms with van der Waals surface area (Å²) in [5.41, 5.74) is 9.22. The van der Waals surface area contributed by atoms with E-state index >= 15 is 0 Å². The second-order valence-electron chi connectivity index (χ2n) is 4.54. The van der Waals surface area contributed by atoms with E-state index in [4.69, 9.17) is 16.3 Å². The van der Waals surface area contributed by atoms with E-state index in [9.17, 15) is 0 Å². The van der Waals surface area contributed by atoms with Crippen LogP contribution in [0.15, 0.2) is 42.5 Å². The van der Waals surface area contributed by atoms with Crippen LogP contribution in [0.1, 0.15) is 11.4 Å². The summed E-state index contributed by atoms with van der Waals surface area (Å²) in [6.07, 6.45) is 0.172. The van der Waals surface area contributed by atoms with E-state index in [1.165, 1.54) is 0 Å². The van der Waals surface area contributed by atoms with E-state index in [-0.39, 0.29) is 6.42 Å². The lowest BCUT2D eigenvalue weighted by atomic mass is 10.1. The number of para-hydroxylation sites is 3. The Kier molecular flexibility index (Phi) is 3.02. The van der Waals surface area contributed by atoms with E-state index in [0.29, 0.717) is 22.8 Å². The Morgan fingerprint density at radius 3 is 2.67 bits per heavy atom. The molecule has 3 rings (SSSR count). The van der Waals surface area contributed by atoms with Crippen molar-refractivity contribution in [3.8, 4) is 17.8 Å². The Morgan fingerprint density at radius 1 is 1.10 bits per heavy atom. The number of nitrogens with two attached hydrogens (primary N) is 1. The number of fused-ring (bicyclic) bond motifs is 1. The molecule has 1 heterocycles. The number of nitrogen functional groups attached to an aromatic ring is 1. The molecule has 0 aliphatic rings. The van der Waals surface area contributed by atoms with Crippen molar-refractivity contribution in [3.63, 3.8) is 0 Å². The number of nitriles is 2. The van der Waals surface area contributed by atoms with Gasteiger partial charge >= 0.3 is 0 Å². The highest BCUT2D eigenvalue weighted by atomic mass is 15.1. The molecule has 5 nitrogen and oxygen atoms in total. The normalized spacial score (nSPS) is 10.2. The van der Waals surface area contributed by atoms with Crippen molar-refractivity contribution in [1.29, 1.82) is 10.5 Å². The summed E-state index contributed by atoms with van der Waals surface area (Å²) in [7, 11) is 0. The Bertz CT molecular complexity index is 909. The lowest BCUT2D eigenvalue weighted by Crippen LogP contribution is -2.05. The fourth-order valence-electron chi connectivity index (χ4n) is 2.38. The third-order valence-electron chi connectivity index (χ3n) is 3.31. The molecular formula is C16H11N5. The minimum atomic E-state index is 0.172. The van der Waals surface area contributed by atoms with Gasteiger partial charge in [0.15, 0.2) is 0 Å². The predicted molar refractivity (Wildman–Crippen MR) is 79.5 cm³/mol. The lowest BCUT2D eigenvalue weighted by molar-refractivity contribution is 0.956. The fourth-order valence-corrected chi connectivity index (χ4v) is 2.38. The molecule has 0 spiro atoms. The number of anilines is 1. The first-order valence-electron chi connectivity index (χ1n) is 6.38. The van der Waals surface area contributed by atoms with Crippen LogP contribution in [-0.4, -0.2) is 9.55 Å². The standard InChI is InChI=1S/C16H11N5/c17-9-8-15-20-12-5-1-2-6-13(12)21(15)14-7-3-4-11(10-18)16(14)19/h1-7H,8,19H2. The Balaban J connectivity index is 2.37. The molecule has 0 atom stereocenters. The maximum absolute atomic E-state index is 9.12. The zero-order valence-electron chi connectivity index (χ0n) is 11.1. The van der Waals surface area contributed by atoms with E-state index in [1.807, 2.05) is 34.9 Å². The molecule has 21 heavy (non-hydrogen) atoms. The fraction of sp³-hybridized carbons (Fsp3) is 0.0625. The molecular weight excluding hydrogens is 262 g/mol. The van der Waals surface area contributed by atoms with Gasteiger partial charge in [0.05, 0.1) is 40.5 Å². The van der Waals surface area contributed by atoms with E-state index in [1.54, 1.807) is 12.1 Å². The summed E-state index contributed by atoms with van der Waals surface area (Å²) < 4.78 is 1.84. The van der Waals surface area contributed by atoms with Crippen molar-refractivity contribution in [2.45, 2.75) is 6.42 Å². The number of nitrogens with zero attached hydrogens (tertiary/aromatic N) is 4. The third kappa shape index (κ3) is 1.98. The molecule has 0 aliphatic carbocycles. The third-order valence-corrected chi connectivity index (χ3v) is 3.31. The number of hydrogen-bond acceptors (Lipinski definition) is 4. The summed E-state index contributed by atoms with van der Waals surface area (Å²) in [4.78, 5) is 4.48. The van der Waals surface area contributed by atoms with Crippen LogP contribution in [0.3, 0.4) is 0 Å². The molecule has 3 aromatic rings. The molecule has 0 saturated heterocycles. The van der Waals surface area contributed by atoms with Crippen molar-refractivity contribution in [3.05, 3.63) is 53.9 Å². The van der Waals surface area contributed by atoms with Crippen LogP contribution in [0.2, 0.25) is 0 Å². The Hall–Kier alpha value is -3.31. The molecule has 2 aromatic carbocycles. The predicted octanol–water partition coefficient (Wildman–Crippen LogP) is 2.55. The maximum atomic E-state index is 9.12. The van der Waals surface area contributed by atoms with Crippen LogP contribution >= 0.6 is 0 Å². The van der Waals surface area contributed by atoms with Gasteiger partial charge in [0.25, 0.3) is 0 Å². The van der Waals surface area contributed by atoms with Crippen molar-refractivity contribution in [2.24, 2.45) is 0 Å². The molecule has 0 unspecified atom stereocenters. The molecule has 1 aromatic heterocycles. The summed E-state index contributed by atoms with van der Waals surface area (Å²) >= 11 is 0. The molecule has 5 heteroatoms. The van der Waals surface area contributed by atoms with Gasteiger partial charge in [-0.1, -0.05) is 18.2 Å². The van der Waals surface area contributed by atoms with Crippen LogP contribution in [0.25, 0.3) is 16.7 Å². The zero-order valence-corrected chi connectivity index (χ0v) is 11.1. The molecule has 0 bridgehead atoms. The lowest BCUT2D eigenvalue weighted by Gasteiger charge is -2.11. The van der Waals surface area contributed by atoms with Gasteiger partial charge in [-0.05, 0) is 24.3 Å². The van der Waals surface area contributed by atoms with Crippen LogP contribution in [0, 0.1) is 22.7 Å². The van der Waals surface area contributed by atoms with E-state index < -0.39 is 0 Å². The van der Waals surface area contributed by atoms with Crippen LogP contribution in [0.4, 0.5) is 5.69 Å². The quantitative estimate of drug-likeness (QED) is 0.726. The number of imidazole rings is 1. The first-order valence-corrected chi connectivity index (χ1v) is 6.38. The van der Waals surface area contributed by atoms with Gasteiger partial charge in [-0.15, -0.1) is 0 Å². The highest BCUT2D eigenvalue weighted by molar-refractivity contribution is 5.81. The molecule has 0 fully saturated rings. The van der Waals surface area contributed by atoms with Gasteiger partial charge in [0.2, 0.25) is 0 Å². The van der Waals surface area contributed by atoms with Gasteiger partial charge in [0.1, 0.15) is 11.9 Å². The monoisotopic (exact) mass is 273 g/mol. The summed E-state index contributed by atoms with van der Waals surface area (Å²) in [5.74, 6) is 0.612. The number of rotatable bonds is 2. The van der Waals surface area contributed by atoms with Crippen molar-refractivity contribution in [2.75, 3.05) is 5.73 Å². The van der Waals surface area contributed by atoms with Gasteiger partial charge < -0.3 is 5.73 Å². The van der Waals surface area contributed by atoms with Crippen molar-refractivity contribution >= 4 is 16.7 Å². The first-order chi connectivity index (χ1) is 10.3. The number of benzene rings is 2. The Labute approximate surface area is 121 Å². The van der Waals surface area contributed by atoms with Crippen LogP contribution in [0.5, 0.6) is 0 Å². The second-order valence-corrected chi connectivity index (χ2v) is 4.54. The van der Waals surface area contributed by atoms with Gasteiger partial charge in [-0.3, -0.25) is 4.57 Å². The molecule has 100 valence electrons. The molecule has 0 radical (unpaired) electrons. The highest BCUT2D eigenvalue weighted by Gasteiger charge is 2.15. The second kappa shape index (κ2) is 4.99. The Morgan fingerprint density at radius 2 is 1.90 bits per heavy atom.